The minimum atomic E-state index is 0.519. The molecular weight excluding hydrogens is 1300 g/mol. The van der Waals surface area contributed by atoms with Gasteiger partial charge in [-0.05, 0) is 226 Å². The first-order chi connectivity index (χ1) is 51.5. The van der Waals surface area contributed by atoms with E-state index in [2.05, 4.69) is 384 Å². The average molecular weight is 1410 g/mol. The molecule has 108 heavy (non-hydrogen) atoms. The van der Waals surface area contributed by atoms with Crippen molar-refractivity contribution < 1.29 is 0 Å². The quantitative estimate of drug-likeness (QED) is 0.133. The lowest BCUT2D eigenvalue weighted by Crippen LogP contribution is -2.15. The Balaban J connectivity index is 0.000000114. The highest BCUT2D eigenvalue weighted by molar-refractivity contribution is 6.00. The summed E-state index contributed by atoms with van der Waals surface area (Å²) in [5, 5.41) is 7.08. The van der Waals surface area contributed by atoms with E-state index in [4.69, 9.17) is 0 Å². The number of hydrogen-bond donors (Lipinski definition) is 0. The molecule has 0 N–H and O–H groups in total. The first kappa shape index (κ1) is 76.3. The highest BCUT2D eigenvalue weighted by Gasteiger charge is 2.32. The van der Waals surface area contributed by atoms with Crippen LogP contribution in [-0.4, -0.2) is 0 Å². The summed E-state index contributed by atoms with van der Waals surface area (Å²) in [6.45, 7) is 57.9. The van der Waals surface area contributed by atoms with E-state index in [0.29, 0.717) is 59.2 Å². The van der Waals surface area contributed by atoms with E-state index < -0.39 is 0 Å². The Labute approximate surface area is 648 Å². The molecule has 0 bridgehead atoms. The Morgan fingerprint density at radius 2 is 0.250 bits per heavy atom. The van der Waals surface area contributed by atoms with Crippen LogP contribution in [0.15, 0.2) is 218 Å². The van der Waals surface area contributed by atoms with Crippen LogP contribution in [-0.2, 0) is 0 Å². The second-order valence-corrected chi connectivity index (χ2v) is 33.6. The van der Waals surface area contributed by atoms with Gasteiger partial charge in [0.05, 0.1) is 0 Å². The van der Waals surface area contributed by atoms with Crippen molar-refractivity contribution in [2.24, 2.45) is 0 Å². The maximum absolute atomic E-state index is 4.26. The number of rotatable bonds is 0. The van der Waals surface area contributed by atoms with Crippen LogP contribution in [0.4, 0.5) is 0 Å². The van der Waals surface area contributed by atoms with Gasteiger partial charge in [0.2, 0.25) is 0 Å². The molecule has 13 aromatic rings. The van der Waals surface area contributed by atoms with Gasteiger partial charge in [-0.1, -0.05) is 368 Å². The Kier molecular flexibility index (Phi) is 21.9. The van der Waals surface area contributed by atoms with Crippen molar-refractivity contribution in [3.05, 3.63) is 407 Å². The third kappa shape index (κ3) is 14.8. The van der Waals surface area contributed by atoms with Gasteiger partial charge in [-0.2, -0.15) is 0 Å². The van der Waals surface area contributed by atoms with Gasteiger partial charge in [0, 0.05) is 59.2 Å². The van der Waals surface area contributed by atoms with E-state index in [1.54, 1.807) is 0 Å². The summed E-state index contributed by atoms with van der Waals surface area (Å²) in [6.07, 6.45) is 0. The number of fused-ring (bicyclic) bond motifs is 12. The van der Waals surface area contributed by atoms with E-state index in [9.17, 15) is 0 Å². The van der Waals surface area contributed by atoms with Gasteiger partial charge in [-0.3, -0.25) is 0 Å². The van der Waals surface area contributed by atoms with E-state index in [1.165, 1.54) is 200 Å². The van der Waals surface area contributed by atoms with Crippen LogP contribution in [0.2, 0.25) is 0 Å². The summed E-state index contributed by atoms with van der Waals surface area (Å²) in [5.74, 6) is 5.20. The molecule has 0 spiro atoms. The fraction of sp³-hybridized carbons (Fsp3) is 0.296. The predicted molar refractivity (Wildman–Crippen MR) is 468 cm³/mol. The molecule has 0 amide bonds. The molecular formula is C108H116. The normalized spacial score (nSPS) is 19.6. The van der Waals surface area contributed by atoms with E-state index in [1.807, 2.05) is 0 Å². The Morgan fingerprint density at radius 1 is 0.139 bits per heavy atom. The van der Waals surface area contributed by atoms with Crippen molar-refractivity contribution in [1.29, 1.82) is 0 Å². The van der Waals surface area contributed by atoms with Crippen LogP contribution < -0.4 is 10.4 Å². The Hall–Kier alpha value is -9.88. The zero-order valence-corrected chi connectivity index (χ0v) is 69.0. The molecule has 0 aromatic heterocycles. The van der Waals surface area contributed by atoms with Gasteiger partial charge in [0.25, 0.3) is 0 Å². The SMILES string of the molecule is C=c1c2ccc(C)cc2c(=C)c2ccc(C)cc12.Cc1ccc2c(c1)C(C)c1cc(C)ccc1C2C.Cc1ccc2c(c1)C(C)c1cc(C)ccc1C2C.Cc1ccc2c(c1)C(C)c1cc(C)ccc1C2C.Cc1ccc2c(c1)C(C)c1ccc(C)cc1C2C.Cc1ccc2c(c1)C(C)c1ccc(C)cc1C2C. The molecule has 13 aromatic carbocycles. The van der Waals surface area contributed by atoms with Crippen LogP contribution in [0.1, 0.15) is 306 Å². The smallest absolute Gasteiger partial charge is 0.00671 e. The lowest BCUT2D eigenvalue weighted by Gasteiger charge is -2.31. The summed E-state index contributed by atoms with van der Waals surface area (Å²) in [5.41, 5.74) is 46.4. The number of benzene rings is 13. The van der Waals surface area contributed by atoms with Gasteiger partial charge in [-0.25, -0.2) is 0 Å². The molecule has 5 aliphatic carbocycles. The standard InChI is InChI=1S/2C18H20.C18H16.3C18H20/c3*1-11-5-7-15-14(4)18-10-12(2)6-8-16(18)13(3)17(15)9-11;3*1-11-5-7-15-13(3)16-8-6-12(2)10-18(16)14(4)17(15)9-11/h2*5-10,13-14H,1-4H3;5-10H,3-4H2,1-2H3;3*5-10,13-14H,1-4H3. The van der Waals surface area contributed by atoms with Crippen molar-refractivity contribution >= 4 is 34.7 Å². The van der Waals surface area contributed by atoms with Gasteiger partial charge < -0.3 is 0 Å². The fourth-order valence-electron chi connectivity index (χ4n) is 18.9. The zero-order valence-electron chi connectivity index (χ0n) is 69.0. The molecule has 0 nitrogen and oxygen atoms in total. The third-order valence-electron chi connectivity index (χ3n) is 25.4. The minimum absolute atomic E-state index is 0.519. The van der Waals surface area contributed by atoms with Gasteiger partial charge in [0.15, 0.2) is 0 Å². The van der Waals surface area contributed by atoms with Crippen LogP contribution in [0.25, 0.3) is 34.7 Å². The summed E-state index contributed by atoms with van der Waals surface area (Å²) in [7, 11) is 0. The average Bonchev–Trinajstić information content (AvgIpc) is 0.797. The molecule has 5 aliphatic rings. The molecule has 4 unspecified atom stereocenters. The monoisotopic (exact) mass is 1410 g/mol. The zero-order chi connectivity index (χ0) is 77.2. The molecule has 4 atom stereocenters. The van der Waals surface area contributed by atoms with Gasteiger partial charge in [0.1, 0.15) is 0 Å². The molecule has 0 saturated heterocycles. The van der Waals surface area contributed by atoms with Crippen LogP contribution >= 0.6 is 0 Å². The summed E-state index contributed by atoms with van der Waals surface area (Å²) in [4.78, 5) is 0. The maximum atomic E-state index is 4.26. The first-order valence-corrected chi connectivity index (χ1v) is 40.1. The highest BCUT2D eigenvalue weighted by Crippen LogP contribution is 2.49. The van der Waals surface area contributed by atoms with Crippen molar-refractivity contribution in [2.75, 3.05) is 0 Å². The third-order valence-corrected chi connectivity index (χ3v) is 25.4. The van der Waals surface area contributed by atoms with Gasteiger partial charge in [-0.15, -0.1) is 0 Å². The summed E-state index contributed by atoms with van der Waals surface area (Å²) in [6, 6.07) is 82.1. The van der Waals surface area contributed by atoms with E-state index in [0.717, 1.165) is 10.4 Å². The molecule has 548 valence electrons. The Bertz CT molecular complexity index is 5000. The summed E-state index contributed by atoms with van der Waals surface area (Å²) >= 11 is 0. The lowest BCUT2D eigenvalue weighted by molar-refractivity contribution is 0.769. The molecule has 18 rings (SSSR count). The molecule has 0 heteroatoms. The highest BCUT2D eigenvalue weighted by atomic mass is 14.4. The lowest BCUT2D eigenvalue weighted by atomic mass is 9.73. The second kappa shape index (κ2) is 31.0. The fourth-order valence-corrected chi connectivity index (χ4v) is 18.9. The van der Waals surface area contributed by atoms with Gasteiger partial charge >= 0.3 is 0 Å². The number of hydrogen-bond acceptors (Lipinski definition) is 0. The topological polar surface area (TPSA) is 0 Å². The summed E-state index contributed by atoms with van der Waals surface area (Å²) < 4.78 is 0. The van der Waals surface area contributed by atoms with Crippen LogP contribution in [0.5, 0.6) is 0 Å². The molecule has 0 saturated carbocycles. The second-order valence-electron chi connectivity index (χ2n) is 33.6. The van der Waals surface area contributed by atoms with Crippen LogP contribution in [0.3, 0.4) is 0 Å². The molecule has 0 radical (unpaired) electrons. The molecule has 0 aliphatic heterocycles. The van der Waals surface area contributed by atoms with Crippen LogP contribution in [0, 0.1) is 83.1 Å². The van der Waals surface area contributed by atoms with Crippen molar-refractivity contribution in [1.82, 2.24) is 0 Å². The first-order valence-electron chi connectivity index (χ1n) is 40.1. The Morgan fingerprint density at radius 3 is 0.398 bits per heavy atom. The molecule has 0 fully saturated rings. The largest absolute Gasteiger partial charge is 0.0905 e. The van der Waals surface area contributed by atoms with Crippen molar-refractivity contribution in [2.45, 2.75) is 212 Å². The van der Waals surface area contributed by atoms with Crippen molar-refractivity contribution in [3.63, 3.8) is 0 Å². The predicted octanol–water partition coefficient (Wildman–Crippen LogP) is 28.0. The van der Waals surface area contributed by atoms with Crippen molar-refractivity contribution in [3.8, 4) is 0 Å². The maximum Gasteiger partial charge on any atom is 0.00671 e. The minimum Gasteiger partial charge on any atom is -0.0905 e. The number of aryl methyl sites for hydroxylation is 12. The molecule has 0 heterocycles. The van der Waals surface area contributed by atoms with E-state index >= 15 is 0 Å². The van der Waals surface area contributed by atoms with E-state index in [-0.39, 0.29) is 0 Å².